The van der Waals surface area contributed by atoms with Crippen molar-refractivity contribution in [3.8, 4) is 23.0 Å². The highest BCUT2D eigenvalue weighted by molar-refractivity contribution is 6.35. The van der Waals surface area contributed by atoms with Crippen molar-refractivity contribution in [2.75, 3.05) is 13.4 Å². The smallest absolute Gasteiger partial charge is 0.262 e. The number of ether oxygens (including phenoxy) is 4. The van der Waals surface area contributed by atoms with Gasteiger partial charge in [-0.2, -0.15) is 5.10 Å². The normalized spacial score (nSPS) is 12.7. The number of hydrogen-bond donors (Lipinski definition) is 2. The number of carbonyl (C=O) groups is 2. The lowest BCUT2D eigenvalue weighted by Gasteiger charge is -2.20. The summed E-state index contributed by atoms with van der Waals surface area (Å²) in [5.74, 6) is 1.03. The molecule has 0 spiro atoms. The van der Waals surface area contributed by atoms with E-state index in [9.17, 15) is 9.59 Å². The molecule has 1 aliphatic heterocycles. The zero-order valence-electron chi connectivity index (χ0n) is 24.1. The van der Waals surface area contributed by atoms with Crippen LogP contribution in [0.4, 0.5) is 0 Å². The molecule has 1 atom stereocenters. The van der Waals surface area contributed by atoms with Gasteiger partial charge in [-0.15, -0.1) is 6.58 Å². The Hall–Kier alpha value is -4.21. The molecular weight excluding hydrogens is 593 g/mol. The van der Waals surface area contributed by atoms with Crippen LogP contribution >= 0.6 is 23.2 Å². The summed E-state index contributed by atoms with van der Waals surface area (Å²) in [6.45, 7) is 10.1. The third-order valence-electron chi connectivity index (χ3n) is 6.46. The lowest BCUT2D eigenvalue weighted by atomic mass is 10.0. The van der Waals surface area contributed by atoms with Crippen LogP contribution < -0.4 is 29.7 Å². The molecule has 0 saturated carbocycles. The molecule has 0 aromatic heterocycles. The molecule has 1 heterocycles. The maximum Gasteiger partial charge on any atom is 0.262 e. The van der Waals surface area contributed by atoms with Crippen LogP contribution in [0, 0.1) is 5.92 Å². The summed E-state index contributed by atoms with van der Waals surface area (Å²) in [4.78, 5) is 25.9. The van der Waals surface area contributed by atoms with Crippen LogP contribution in [0.25, 0.3) is 0 Å². The standard InChI is InChI=1S/C32H33Cl2N3O6/c1-5-7-21-12-20(13-28(40-6-2)30(21)41-17-23-8-10-24(33)15-25(23)34)16-35-37-32(39)29(19(3)4)36-31(38)22-9-11-26-27(14-22)43-18-42-26/h5,8-16,19,29H,1,6-7,17-18H2,2-4H3,(H,36,38)(H,37,39)/b35-16+. The molecule has 2 N–H and O–H groups in total. The third kappa shape index (κ3) is 8.21. The molecule has 226 valence electrons. The first kappa shape index (κ1) is 31.7. The molecular formula is C32H33Cl2N3O6. The van der Waals surface area contributed by atoms with Gasteiger partial charge in [0.2, 0.25) is 6.79 Å². The van der Waals surface area contributed by atoms with E-state index >= 15 is 0 Å². The lowest BCUT2D eigenvalue weighted by molar-refractivity contribution is -0.123. The van der Waals surface area contributed by atoms with Crippen LogP contribution in [0.15, 0.2) is 66.3 Å². The molecule has 1 unspecified atom stereocenters. The van der Waals surface area contributed by atoms with E-state index in [4.69, 9.17) is 42.1 Å². The van der Waals surface area contributed by atoms with Crippen molar-refractivity contribution in [1.82, 2.24) is 10.7 Å². The highest BCUT2D eigenvalue weighted by atomic mass is 35.5. The van der Waals surface area contributed by atoms with Gasteiger partial charge in [-0.25, -0.2) is 5.43 Å². The lowest BCUT2D eigenvalue weighted by Crippen LogP contribution is -2.48. The van der Waals surface area contributed by atoms with Gasteiger partial charge in [-0.1, -0.05) is 49.2 Å². The second kappa shape index (κ2) is 14.8. The molecule has 11 heteroatoms. The van der Waals surface area contributed by atoms with E-state index in [1.54, 1.807) is 42.5 Å². The Kier molecular flexibility index (Phi) is 10.9. The van der Waals surface area contributed by atoms with E-state index in [1.165, 1.54) is 6.21 Å². The number of fused-ring (bicyclic) bond motifs is 1. The molecule has 0 aliphatic carbocycles. The van der Waals surface area contributed by atoms with E-state index in [1.807, 2.05) is 32.9 Å². The van der Waals surface area contributed by atoms with Gasteiger partial charge in [-0.3, -0.25) is 9.59 Å². The molecule has 0 bridgehead atoms. The van der Waals surface area contributed by atoms with Crippen LogP contribution in [0.3, 0.4) is 0 Å². The molecule has 1 aliphatic rings. The Morgan fingerprint density at radius 3 is 2.56 bits per heavy atom. The summed E-state index contributed by atoms with van der Waals surface area (Å²) in [5, 5.41) is 7.98. The van der Waals surface area contributed by atoms with Gasteiger partial charge >= 0.3 is 0 Å². The maximum atomic E-state index is 13.0. The predicted octanol–water partition coefficient (Wildman–Crippen LogP) is 6.33. The van der Waals surface area contributed by atoms with Crippen molar-refractivity contribution in [3.05, 3.63) is 93.5 Å². The van der Waals surface area contributed by atoms with Crippen molar-refractivity contribution < 1.29 is 28.5 Å². The van der Waals surface area contributed by atoms with Crippen LogP contribution in [0.5, 0.6) is 23.0 Å². The largest absolute Gasteiger partial charge is 0.490 e. The van der Waals surface area contributed by atoms with E-state index in [0.29, 0.717) is 57.2 Å². The van der Waals surface area contributed by atoms with Crippen molar-refractivity contribution >= 4 is 41.2 Å². The molecule has 43 heavy (non-hydrogen) atoms. The second-order valence-corrected chi connectivity index (χ2v) is 10.8. The molecule has 0 saturated heterocycles. The van der Waals surface area contributed by atoms with Crippen LogP contribution in [0.2, 0.25) is 10.0 Å². The molecule has 0 radical (unpaired) electrons. The fourth-order valence-corrected chi connectivity index (χ4v) is 4.78. The Morgan fingerprint density at radius 1 is 1.05 bits per heavy atom. The summed E-state index contributed by atoms with van der Waals surface area (Å²) < 4.78 is 22.7. The van der Waals surface area contributed by atoms with Crippen LogP contribution in [0.1, 0.15) is 47.8 Å². The Bertz CT molecular complexity index is 1530. The fraction of sp³-hybridized carbons (Fsp3) is 0.281. The molecule has 3 aromatic rings. The summed E-state index contributed by atoms with van der Waals surface area (Å²) in [7, 11) is 0. The molecule has 9 nitrogen and oxygen atoms in total. The van der Waals surface area contributed by atoms with Gasteiger partial charge in [0.1, 0.15) is 12.6 Å². The first-order valence-corrected chi connectivity index (χ1v) is 14.5. The Morgan fingerprint density at radius 2 is 1.84 bits per heavy atom. The van der Waals surface area contributed by atoms with E-state index in [-0.39, 0.29) is 19.3 Å². The van der Waals surface area contributed by atoms with E-state index in [2.05, 4.69) is 22.4 Å². The Balaban J connectivity index is 1.47. The van der Waals surface area contributed by atoms with Crippen molar-refractivity contribution in [2.24, 2.45) is 11.0 Å². The minimum atomic E-state index is -0.833. The number of hydrazone groups is 1. The summed E-state index contributed by atoms with van der Waals surface area (Å²) in [6.07, 6.45) is 3.76. The van der Waals surface area contributed by atoms with E-state index < -0.39 is 17.9 Å². The van der Waals surface area contributed by atoms with Gasteiger partial charge in [0.05, 0.1) is 12.8 Å². The number of amides is 2. The predicted molar refractivity (Wildman–Crippen MR) is 167 cm³/mol. The number of rotatable bonds is 13. The molecule has 4 rings (SSSR count). The summed E-state index contributed by atoms with van der Waals surface area (Å²) in [5.41, 5.74) is 5.15. The topological polar surface area (TPSA) is 107 Å². The number of benzene rings is 3. The quantitative estimate of drug-likeness (QED) is 0.130. The van der Waals surface area contributed by atoms with Gasteiger partial charge < -0.3 is 24.3 Å². The number of halogens is 2. The number of nitrogens with zero attached hydrogens (tertiary/aromatic N) is 1. The average Bonchev–Trinajstić information content (AvgIpc) is 3.44. The molecule has 0 fully saturated rings. The number of allylic oxidation sites excluding steroid dienone is 1. The summed E-state index contributed by atoms with van der Waals surface area (Å²) in [6, 6.07) is 12.9. The van der Waals surface area contributed by atoms with Crippen LogP contribution in [-0.4, -0.2) is 37.5 Å². The monoisotopic (exact) mass is 625 g/mol. The first-order chi connectivity index (χ1) is 20.7. The van der Waals surface area contributed by atoms with Crippen molar-refractivity contribution in [1.29, 1.82) is 0 Å². The zero-order chi connectivity index (χ0) is 30.9. The number of carbonyl (C=O) groups excluding carboxylic acids is 2. The third-order valence-corrected chi connectivity index (χ3v) is 7.05. The maximum absolute atomic E-state index is 13.0. The SMILES string of the molecule is C=CCc1cc(/C=N/NC(=O)C(NC(=O)c2ccc3c(c2)OCO3)C(C)C)cc(OCC)c1OCc1ccc(Cl)cc1Cl. The average molecular weight is 627 g/mol. The fourth-order valence-electron chi connectivity index (χ4n) is 4.32. The van der Waals surface area contributed by atoms with Crippen LogP contribution in [-0.2, 0) is 17.8 Å². The second-order valence-electron chi connectivity index (χ2n) is 9.95. The highest BCUT2D eigenvalue weighted by Gasteiger charge is 2.25. The van der Waals surface area contributed by atoms with Crippen molar-refractivity contribution in [3.63, 3.8) is 0 Å². The highest BCUT2D eigenvalue weighted by Crippen LogP contribution is 2.35. The van der Waals surface area contributed by atoms with Gasteiger partial charge in [0.15, 0.2) is 23.0 Å². The zero-order valence-corrected chi connectivity index (χ0v) is 25.6. The van der Waals surface area contributed by atoms with Gasteiger partial charge in [-0.05, 0) is 67.3 Å². The summed E-state index contributed by atoms with van der Waals surface area (Å²) >= 11 is 12.4. The van der Waals surface area contributed by atoms with Crippen molar-refractivity contribution in [2.45, 2.75) is 39.8 Å². The molecule has 3 aromatic carbocycles. The minimum absolute atomic E-state index is 0.102. The first-order valence-electron chi connectivity index (χ1n) is 13.7. The Labute approximate surface area is 260 Å². The van der Waals surface area contributed by atoms with Gasteiger partial charge in [0.25, 0.3) is 11.8 Å². The minimum Gasteiger partial charge on any atom is -0.490 e. The number of hydrogen-bond acceptors (Lipinski definition) is 7. The van der Waals surface area contributed by atoms with E-state index in [0.717, 1.165) is 11.1 Å². The molecule has 2 amide bonds. The van der Waals surface area contributed by atoms with Gasteiger partial charge in [0, 0.05) is 26.7 Å². The number of nitrogens with one attached hydrogen (secondary N) is 2.